The van der Waals surface area contributed by atoms with Crippen molar-refractivity contribution in [2.24, 2.45) is 0 Å². The Morgan fingerprint density at radius 1 is 1.03 bits per heavy atom. The summed E-state index contributed by atoms with van der Waals surface area (Å²) in [6, 6.07) is 16.2. The number of unbranched alkanes of at least 4 members (excludes halogenated alkanes) is 1. The number of aromatic amines is 1. The van der Waals surface area contributed by atoms with Crippen LogP contribution >= 0.6 is 11.6 Å². The summed E-state index contributed by atoms with van der Waals surface area (Å²) in [4.78, 5) is 21.4. The molecule has 1 N–H and O–H groups in total. The number of hydrogen-bond donors (Lipinski definition) is 1. The Bertz CT molecular complexity index is 1280. The number of aryl methyl sites for hydroxylation is 1. The fourth-order valence-corrected chi connectivity index (χ4v) is 4.16. The minimum atomic E-state index is -0.339. The summed E-state index contributed by atoms with van der Waals surface area (Å²) < 4.78 is 5.14. The van der Waals surface area contributed by atoms with Gasteiger partial charge in [0.15, 0.2) is 5.82 Å². The molecule has 9 heteroatoms. The largest absolute Gasteiger partial charge is 0.466 e. The fourth-order valence-electron chi connectivity index (χ4n) is 3.88. The fraction of sp³-hybridized carbons (Fsp3) is 0.308. The van der Waals surface area contributed by atoms with Crippen LogP contribution in [0.2, 0.25) is 5.15 Å². The molecular weight excluding hydrogens is 464 g/mol. The third-order valence-electron chi connectivity index (χ3n) is 5.63. The van der Waals surface area contributed by atoms with E-state index in [0.717, 1.165) is 47.2 Å². The van der Waals surface area contributed by atoms with Gasteiger partial charge in [-0.1, -0.05) is 73.5 Å². The minimum Gasteiger partial charge on any atom is -0.466 e. The summed E-state index contributed by atoms with van der Waals surface area (Å²) in [5, 5.41) is 14.6. The highest BCUT2D eigenvalue weighted by Gasteiger charge is 2.18. The van der Waals surface area contributed by atoms with Gasteiger partial charge in [0, 0.05) is 24.0 Å². The molecule has 0 atom stereocenters. The summed E-state index contributed by atoms with van der Waals surface area (Å²) in [6.07, 6.45) is 3.34. The van der Waals surface area contributed by atoms with Gasteiger partial charge in [0.25, 0.3) is 0 Å². The van der Waals surface area contributed by atoms with Gasteiger partial charge in [0.2, 0.25) is 0 Å². The van der Waals surface area contributed by atoms with Crippen molar-refractivity contribution >= 4 is 17.6 Å². The lowest BCUT2D eigenvalue weighted by Gasteiger charge is -2.13. The van der Waals surface area contributed by atoms with Gasteiger partial charge < -0.3 is 4.74 Å². The average molecular weight is 491 g/mol. The van der Waals surface area contributed by atoms with Gasteiger partial charge in [0.05, 0.1) is 18.7 Å². The van der Waals surface area contributed by atoms with Crippen molar-refractivity contribution in [2.75, 3.05) is 6.61 Å². The first kappa shape index (κ1) is 24.5. The molecule has 2 aromatic heterocycles. The zero-order valence-corrected chi connectivity index (χ0v) is 20.5. The van der Waals surface area contributed by atoms with E-state index in [9.17, 15) is 4.79 Å². The number of rotatable bonds is 10. The molecule has 0 unspecified atom stereocenters. The van der Waals surface area contributed by atoms with Crippen molar-refractivity contribution < 1.29 is 9.53 Å². The Kier molecular flexibility index (Phi) is 8.15. The predicted molar refractivity (Wildman–Crippen MR) is 134 cm³/mol. The van der Waals surface area contributed by atoms with E-state index in [1.165, 1.54) is 0 Å². The third kappa shape index (κ3) is 6.08. The van der Waals surface area contributed by atoms with Crippen LogP contribution in [0.1, 0.15) is 49.3 Å². The molecule has 0 spiro atoms. The average Bonchev–Trinajstić information content (AvgIpc) is 3.40. The molecule has 4 rings (SSSR count). The molecule has 4 aromatic rings. The summed E-state index contributed by atoms with van der Waals surface area (Å²) in [7, 11) is 0. The van der Waals surface area contributed by atoms with Crippen molar-refractivity contribution in [1.29, 1.82) is 0 Å². The van der Waals surface area contributed by atoms with Crippen LogP contribution in [0.15, 0.2) is 48.5 Å². The standard InChI is InChI=1S/C26H27ClN6O2/c1-3-5-10-23-28-22(21(25(27)29-23)16-24(34)35-4-2)15-17-11-13-18(14-12-17)19-8-6-7-9-20(19)26-30-32-33-31-26/h6-9,11-14H,3-5,10,15-16H2,1-2H3,(H,30,31,32,33). The lowest BCUT2D eigenvalue weighted by Crippen LogP contribution is -2.13. The van der Waals surface area contributed by atoms with E-state index in [1.807, 2.05) is 24.3 Å². The van der Waals surface area contributed by atoms with E-state index in [2.05, 4.69) is 56.8 Å². The first-order valence-electron chi connectivity index (χ1n) is 11.7. The van der Waals surface area contributed by atoms with Crippen molar-refractivity contribution in [1.82, 2.24) is 30.6 Å². The van der Waals surface area contributed by atoms with Gasteiger partial charge in [-0.2, -0.15) is 0 Å². The van der Waals surface area contributed by atoms with Crippen LogP contribution in [0, 0.1) is 0 Å². The molecule has 35 heavy (non-hydrogen) atoms. The zero-order valence-electron chi connectivity index (χ0n) is 19.8. The van der Waals surface area contributed by atoms with E-state index in [4.69, 9.17) is 21.3 Å². The first-order chi connectivity index (χ1) is 17.1. The van der Waals surface area contributed by atoms with Gasteiger partial charge in [-0.25, -0.2) is 15.1 Å². The number of nitrogens with zero attached hydrogens (tertiary/aromatic N) is 5. The van der Waals surface area contributed by atoms with Crippen LogP contribution in [-0.4, -0.2) is 43.2 Å². The van der Waals surface area contributed by atoms with Gasteiger partial charge in [-0.15, -0.1) is 5.10 Å². The molecular formula is C26H27ClN6O2. The highest BCUT2D eigenvalue weighted by molar-refractivity contribution is 6.30. The second kappa shape index (κ2) is 11.7. The smallest absolute Gasteiger partial charge is 0.310 e. The van der Waals surface area contributed by atoms with Crippen LogP contribution < -0.4 is 0 Å². The summed E-state index contributed by atoms with van der Waals surface area (Å²) >= 11 is 6.52. The Hall–Kier alpha value is -3.65. The number of carbonyl (C=O) groups is 1. The van der Waals surface area contributed by atoms with Crippen LogP contribution in [0.3, 0.4) is 0 Å². The molecule has 0 bridgehead atoms. The van der Waals surface area contributed by atoms with Gasteiger partial charge >= 0.3 is 5.97 Å². The molecule has 0 aliphatic carbocycles. The molecule has 2 heterocycles. The second-order valence-electron chi connectivity index (χ2n) is 8.11. The van der Waals surface area contributed by atoms with Crippen LogP contribution in [0.4, 0.5) is 0 Å². The highest BCUT2D eigenvalue weighted by Crippen LogP contribution is 2.30. The molecule has 0 saturated heterocycles. The molecule has 0 radical (unpaired) electrons. The molecule has 0 fully saturated rings. The van der Waals surface area contributed by atoms with Gasteiger partial charge in [-0.3, -0.25) is 4.79 Å². The molecule has 2 aromatic carbocycles. The monoisotopic (exact) mass is 490 g/mol. The lowest BCUT2D eigenvalue weighted by atomic mass is 9.97. The number of esters is 1. The van der Waals surface area contributed by atoms with Crippen molar-refractivity contribution in [3.8, 4) is 22.5 Å². The SMILES string of the molecule is CCCCc1nc(Cl)c(CC(=O)OCC)c(Cc2ccc(-c3ccccc3-c3nnn[nH]3)cc2)n1. The maximum absolute atomic E-state index is 12.2. The quantitative estimate of drug-likeness (QED) is 0.246. The maximum Gasteiger partial charge on any atom is 0.310 e. The summed E-state index contributed by atoms with van der Waals surface area (Å²) in [5.74, 6) is 0.976. The van der Waals surface area contributed by atoms with Crippen LogP contribution in [0.25, 0.3) is 22.5 Å². The van der Waals surface area contributed by atoms with Gasteiger partial charge in [-0.05, 0) is 40.5 Å². The predicted octanol–water partition coefficient (Wildman–Crippen LogP) is 5.02. The first-order valence-corrected chi connectivity index (χ1v) is 12.1. The number of aromatic nitrogens is 6. The van der Waals surface area contributed by atoms with Crippen LogP contribution in [-0.2, 0) is 28.8 Å². The summed E-state index contributed by atoms with van der Waals surface area (Å²) in [5.41, 5.74) is 5.41. The molecule has 0 amide bonds. The Morgan fingerprint density at radius 2 is 1.80 bits per heavy atom. The van der Waals surface area contributed by atoms with E-state index in [0.29, 0.717) is 35.4 Å². The zero-order chi connectivity index (χ0) is 24.6. The number of nitrogens with one attached hydrogen (secondary N) is 1. The molecule has 8 nitrogen and oxygen atoms in total. The molecule has 0 aliphatic rings. The lowest BCUT2D eigenvalue weighted by molar-refractivity contribution is -0.142. The highest BCUT2D eigenvalue weighted by atomic mass is 35.5. The van der Waals surface area contributed by atoms with Crippen LogP contribution in [0.5, 0.6) is 0 Å². The number of ether oxygens (including phenoxy) is 1. The third-order valence-corrected chi connectivity index (χ3v) is 5.95. The van der Waals surface area contributed by atoms with Crippen molar-refractivity contribution in [3.63, 3.8) is 0 Å². The molecule has 0 saturated carbocycles. The van der Waals surface area contributed by atoms with Crippen molar-refractivity contribution in [3.05, 3.63) is 76.3 Å². The Labute approximate surface area is 209 Å². The normalized spacial score (nSPS) is 10.9. The van der Waals surface area contributed by atoms with E-state index in [-0.39, 0.29) is 12.4 Å². The Balaban J connectivity index is 1.63. The minimum absolute atomic E-state index is 0.0484. The van der Waals surface area contributed by atoms with Crippen molar-refractivity contribution in [2.45, 2.75) is 46.0 Å². The number of tetrazole rings is 1. The molecule has 180 valence electrons. The number of halogens is 1. The van der Waals surface area contributed by atoms with Gasteiger partial charge in [0.1, 0.15) is 11.0 Å². The Morgan fingerprint density at radius 3 is 2.49 bits per heavy atom. The number of carbonyl (C=O) groups excluding carboxylic acids is 1. The van der Waals surface area contributed by atoms with E-state index < -0.39 is 0 Å². The number of benzene rings is 2. The topological polar surface area (TPSA) is 107 Å². The maximum atomic E-state index is 12.2. The second-order valence-corrected chi connectivity index (χ2v) is 8.47. The van der Waals surface area contributed by atoms with E-state index >= 15 is 0 Å². The summed E-state index contributed by atoms with van der Waals surface area (Å²) in [6.45, 7) is 4.22. The number of hydrogen-bond acceptors (Lipinski definition) is 7. The van der Waals surface area contributed by atoms with E-state index in [1.54, 1.807) is 6.92 Å². The number of H-pyrrole nitrogens is 1. The molecule has 0 aliphatic heterocycles.